The fourth-order valence-corrected chi connectivity index (χ4v) is 4.17. The van der Waals surface area contributed by atoms with Crippen LogP contribution in [0.3, 0.4) is 0 Å². The Morgan fingerprint density at radius 1 is 1.52 bits per heavy atom. The van der Waals surface area contributed by atoms with E-state index in [0.29, 0.717) is 17.6 Å². The first-order valence-corrected chi connectivity index (χ1v) is 9.47. The van der Waals surface area contributed by atoms with Gasteiger partial charge in [-0.15, -0.1) is 4.40 Å². The molecule has 0 saturated heterocycles. The number of hydrogen-bond donors (Lipinski definition) is 0. The van der Waals surface area contributed by atoms with Crippen LogP contribution >= 0.6 is 23.4 Å². The molecule has 1 unspecified atom stereocenters. The van der Waals surface area contributed by atoms with Crippen LogP contribution < -0.4 is 0 Å². The second-order valence-electron chi connectivity index (χ2n) is 4.50. The van der Waals surface area contributed by atoms with E-state index in [2.05, 4.69) is 16.4 Å². The van der Waals surface area contributed by atoms with Gasteiger partial charge in [0, 0.05) is 12.1 Å². The first-order valence-electron chi connectivity index (χ1n) is 6.43. The molecule has 0 spiro atoms. The SMILES string of the molecule is CCC1C=NN(/C(=N\S(=O)(=O)c2ccccc2Cl)SC)C1. The summed E-state index contributed by atoms with van der Waals surface area (Å²) in [4.78, 5) is 0.00781. The molecular formula is C13H16ClN3O2S2. The zero-order chi connectivity index (χ0) is 15.5. The first-order chi connectivity index (χ1) is 9.97. The van der Waals surface area contributed by atoms with Gasteiger partial charge >= 0.3 is 0 Å². The Morgan fingerprint density at radius 3 is 2.81 bits per heavy atom. The van der Waals surface area contributed by atoms with Crippen LogP contribution in [0.5, 0.6) is 0 Å². The summed E-state index contributed by atoms with van der Waals surface area (Å²) >= 11 is 7.19. The second kappa shape index (κ2) is 6.81. The van der Waals surface area contributed by atoms with Crippen LogP contribution in [0, 0.1) is 5.92 Å². The zero-order valence-corrected chi connectivity index (χ0v) is 14.1. The van der Waals surface area contributed by atoms with Crippen LogP contribution in [0.1, 0.15) is 13.3 Å². The van der Waals surface area contributed by atoms with Gasteiger partial charge in [-0.3, -0.25) is 0 Å². The summed E-state index contributed by atoms with van der Waals surface area (Å²) in [7, 11) is -3.84. The molecule has 5 nitrogen and oxygen atoms in total. The van der Waals surface area contributed by atoms with Crippen molar-refractivity contribution < 1.29 is 8.42 Å². The van der Waals surface area contributed by atoms with Gasteiger partial charge < -0.3 is 0 Å². The van der Waals surface area contributed by atoms with Gasteiger partial charge in [0.2, 0.25) is 0 Å². The van der Waals surface area contributed by atoms with E-state index in [-0.39, 0.29) is 9.92 Å². The molecule has 1 heterocycles. The van der Waals surface area contributed by atoms with Crippen molar-refractivity contribution >= 4 is 44.8 Å². The average molecular weight is 346 g/mol. The quantitative estimate of drug-likeness (QED) is 0.624. The van der Waals surface area contributed by atoms with E-state index < -0.39 is 10.0 Å². The Labute approximate surface area is 134 Å². The Morgan fingerprint density at radius 2 is 2.24 bits per heavy atom. The number of sulfonamides is 1. The van der Waals surface area contributed by atoms with Crippen molar-refractivity contribution in [2.24, 2.45) is 15.4 Å². The molecule has 1 aliphatic heterocycles. The number of nitrogens with zero attached hydrogens (tertiary/aromatic N) is 3. The lowest BCUT2D eigenvalue weighted by Crippen LogP contribution is -2.24. The Kier molecular flexibility index (Phi) is 5.29. The van der Waals surface area contributed by atoms with Crippen molar-refractivity contribution in [1.29, 1.82) is 0 Å². The smallest absolute Gasteiger partial charge is 0.241 e. The summed E-state index contributed by atoms with van der Waals surface area (Å²) in [6.45, 7) is 2.71. The lowest BCUT2D eigenvalue weighted by Gasteiger charge is -2.15. The number of hydrazone groups is 1. The largest absolute Gasteiger partial charge is 0.286 e. The molecule has 0 aliphatic carbocycles. The molecule has 0 radical (unpaired) electrons. The minimum absolute atomic E-state index is 0.00781. The van der Waals surface area contributed by atoms with Crippen LogP contribution in [-0.4, -0.2) is 37.6 Å². The van der Waals surface area contributed by atoms with Crippen molar-refractivity contribution in [2.75, 3.05) is 12.8 Å². The molecule has 2 rings (SSSR count). The van der Waals surface area contributed by atoms with Gasteiger partial charge in [-0.25, -0.2) is 5.01 Å². The normalized spacial score (nSPS) is 19.3. The van der Waals surface area contributed by atoms with Gasteiger partial charge in [-0.05, 0) is 24.8 Å². The van der Waals surface area contributed by atoms with Gasteiger partial charge in [0.05, 0.1) is 11.6 Å². The van der Waals surface area contributed by atoms with Crippen LogP contribution in [-0.2, 0) is 10.0 Å². The summed E-state index contributed by atoms with van der Waals surface area (Å²) < 4.78 is 28.6. The van der Waals surface area contributed by atoms with E-state index in [1.54, 1.807) is 23.4 Å². The number of rotatable bonds is 3. The maximum Gasteiger partial charge on any atom is 0.286 e. The molecule has 114 valence electrons. The lowest BCUT2D eigenvalue weighted by atomic mass is 10.1. The van der Waals surface area contributed by atoms with Crippen molar-refractivity contribution in [3.05, 3.63) is 29.3 Å². The van der Waals surface area contributed by atoms with E-state index in [1.165, 1.54) is 23.9 Å². The minimum Gasteiger partial charge on any atom is -0.241 e. The molecule has 0 saturated carbocycles. The Bertz CT molecular complexity index is 674. The number of thioether (sulfide) groups is 1. The molecule has 1 aromatic rings. The van der Waals surface area contributed by atoms with Gasteiger partial charge in [0.25, 0.3) is 10.0 Å². The van der Waals surface area contributed by atoms with Crippen LogP contribution in [0.15, 0.2) is 38.7 Å². The van der Waals surface area contributed by atoms with Crippen molar-refractivity contribution in [3.8, 4) is 0 Å². The van der Waals surface area contributed by atoms with Gasteiger partial charge in [-0.2, -0.15) is 13.5 Å². The maximum absolute atomic E-state index is 12.4. The monoisotopic (exact) mass is 345 g/mol. The highest BCUT2D eigenvalue weighted by Crippen LogP contribution is 2.24. The molecule has 0 N–H and O–H groups in total. The molecule has 0 fully saturated rings. The molecule has 1 atom stereocenters. The molecule has 0 amide bonds. The van der Waals surface area contributed by atoms with Gasteiger partial charge in [0.15, 0.2) is 5.17 Å². The topological polar surface area (TPSA) is 62.1 Å². The highest BCUT2D eigenvalue weighted by Gasteiger charge is 2.24. The van der Waals surface area contributed by atoms with Crippen molar-refractivity contribution in [2.45, 2.75) is 18.2 Å². The van der Waals surface area contributed by atoms with E-state index in [9.17, 15) is 8.42 Å². The molecule has 21 heavy (non-hydrogen) atoms. The Hall–Kier alpha value is -1.05. The predicted molar refractivity (Wildman–Crippen MR) is 88.6 cm³/mol. The number of halogens is 1. The maximum atomic E-state index is 12.4. The van der Waals surface area contributed by atoms with E-state index in [0.717, 1.165) is 6.42 Å². The number of hydrogen-bond acceptors (Lipinski definition) is 4. The first kappa shape index (κ1) is 16.3. The second-order valence-corrected chi connectivity index (χ2v) is 7.25. The van der Waals surface area contributed by atoms with Crippen molar-refractivity contribution in [1.82, 2.24) is 5.01 Å². The summed E-state index contributed by atoms with van der Waals surface area (Å²) in [6, 6.07) is 6.27. The molecule has 0 bridgehead atoms. The molecule has 0 aromatic heterocycles. The van der Waals surface area contributed by atoms with Crippen molar-refractivity contribution in [3.63, 3.8) is 0 Å². The lowest BCUT2D eigenvalue weighted by molar-refractivity contribution is 0.448. The predicted octanol–water partition coefficient (Wildman–Crippen LogP) is 3.08. The van der Waals surface area contributed by atoms with E-state index in [1.807, 2.05) is 6.21 Å². The third-order valence-electron chi connectivity index (χ3n) is 3.06. The fourth-order valence-electron chi connectivity index (χ4n) is 1.85. The third kappa shape index (κ3) is 3.78. The third-order valence-corrected chi connectivity index (χ3v) is 5.61. The van der Waals surface area contributed by atoms with E-state index in [4.69, 9.17) is 11.6 Å². The molecule has 1 aromatic carbocycles. The minimum atomic E-state index is -3.84. The molecule has 8 heteroatoms. The Balaban J connectivity index is 2.32. The number of benzene rings is 1. The van der Waals surface area contributed by atoms with Crippen LogP contribution in [0.4, 0.5) is 0 Å². The summed E-state index contributed by atoms with van der Waals surface area (Å²) in [5.41, 5.74) is 0. The van der Waals surface area contributed by atoms with Crippen LogP contribution in [0.25, 0.3) is 0 Å². The van der Waals surface area contributed by atoms with Gasteiger partial charge in [0.1, 0.15) is 4.90 Å². The fraction of sp³-hybridized carbons (Fsp3) is 0.385. The number of amidine groups is 1. The highest BCUT2D eigenvalue weighted by atomic mass is 35.5. The average Bonchev–Trinajstić information content (AvgIpc) is 2.94. The molecular weight excluding hydrogens is 330 g/mol. The highest BCUT2D eigenvalue weighted by molar-refractivity contribution is 8.13. The van der Waals surface area contributed by atoms with Crippen LogP contribution in [0.2, 0.25) is 5.02 Å². The summed E-state index contributed by atoms with van der Waals surface area (Å²) in [5.74, 6) is 0.324. The standard InChI is InChI=1S/C13H16ClN3O2S2/c1-3-10-8-15-17(9-10)13(20-2)16-21(18,19)12-7-5-4-6-11(12)14/h4-8,10H,3,9H2,1-2H3/b16-13+. The summed E-state index contributed by atoms with van der Waals surface area (Å²) in [6.07, 6.45) is 4.56. The summed E-state index contributed by atoms with van der Waals surface area (Å²) in [5, 5.41) is 6.35. The molecule has 1 aliphatic rings. The zero-order valence-electron chi connectivity index (χ0n) is 11.7. The van der Waals surface area contributed by atoms with Gasteiger partial charge in [-0.1, -0.05) is 42.4 Å². The van der Waals surface area contributed by atoms with E-state index >= 15 is 0 Å².